The lowest BCUT2D eigenvalue weighted by Crippen LogP contribution is -2.46. The maximum Gasteiger partial charge on any atom is 0.118 e. The first-order valence-corrected chi connectivity index (χ1v) is 7.63. The molecule has 0 fully saturated rings. The third-order valence-corrected chi connectivity index (χ3v) is 5.93. The SMILES string of the molecule is C[Si]1(C)CCOc2ccccc21. The molecule has 1 nitrogen and oxygen atoms in total. The van der Waals surface area contributed by atoms with E-state index < -0.39 is 8.07 Å². The molecule has 64 valence electrons. The van der Waals surface area contributed by atoms with Gasteiger partial charge < -0.3 is 4.74 Å². The number of benzene rings is 1. The average Bonchev–Trinajstić information content (AvgIpc) is 2.04. The molecule has 0 unspecified atom stereocenters. The van der Waals surface area contributed by atoms with E-state index in [1.54, 1.807) is 0 Å². The summed E-state index contributed by atoms with van der Waals surface area (Å²) in [5, 5.41) is 1.48. The van der Waals surface area contributed by atoms with Gasteiger partial charge in [0.05, 0.1) is 14.7 Å². The van der Waals surface area contributed by atoms with Gasteiger partial charge in [-0.05, 0) is 17.3 Å². The summed E-state index contributed by atoms with van der Waals surface area (Å²) in [5.41, 5.74) is 0. The molecule has 0 saturated carbocycles. The van der Waals surface area contributed by atoms with E-state index in [1.165, 1.54) is 11.2 Å². The van der Waals surface area contributed by atoms with Crippen LogP contribution >= 0.6 is 0 Å². The molecule has 0 radical (unpaired) electrons. The summed E-state index contributed by atoms with van der Waals surface area (Å²) < 4.78 is 5.59. The molecule has 0 bridgehead atoms. The second kappa shape index (κ2) is 2.63. The second-order valence-corrected chi connectivity index (χ2v) is 8.78. The maximum atomic E-state index is 5.59. The fourth-order valence-electron chi connectivity index (χ4n) is 1.70. The van der Waals surface area contributed by atoms with E-state index in [2.05, 4.69) is 37.4 Å². The molecule has 0 spiro atoms. The predicted molar refractivity (Wildman–Crippen MR) is 53.9 cm³/mol. The summed E-state index contributed by atoms with van der Waals surface area (Å²) in [6.07, 6.45) is 0. The first kappa shape index (κ1) is 7.86. The number of rotatable bonds is 0. The van der Waals surface area contributed by atoms with Gasteiger partial charge in [-0.3, -0.25) is 0 Å². The summed E-state index contributed by atoms with van der Waals surface area (Å²) in [7, 11) is -1.14. The lowest BCUT2D eigenvalue weighted by atomic mass is 10.3. The summed E-state index contributed by atoms with van der Waals surface area (Å²) in [4.78, 5) is 0. The van der Waals surface area contributed by atoms with E-state index >= 15 is 0 Å². The van der Waals surface area contributed by atoms with Crippen molar-refractivity contribution < 1.29 is 4.74 Å². The van der Waals surface area contributed by atoms with Gasteiger partial charge in [-0.25, -0.2) is 0 Å². The normalized spacial score (nSPS) is 19.5. The van der Waals surface area contributed by atoms with Crippen LogP contribution < -0.4 is 9.92 Å². The first-order chi connectivity index (χ1) is 5.70. The molecule has 2 rings (SSSR count). The lowest BCUT2D eigenvalue weighted by molar-refractivity contribution is 0.335. The van der Waals surface area contributed by atoms with E-state index in [0.717, 1.165) is 12.4 Å². The fourth-order valence-corrected chi connectivity index (χ4v) is 3.95. The Bertz CT molecular complexity index is 294. The Balaban J connectivity index is 2.52. The first-order valence-electron chi connectivity index (χ1n) is 4.42. The van der Waals surface area contributed by atoms with E-state index in [0.29, 0.717) is 0 Å². The van der Waals surface area contributed by atoms with E-state index in [-0.39, 0.29) is 0 Å². The topological polar surface area (TPSA) is 9.23 Å². The van der Waals surface area contributed by atoms with E-state index in [1.807, 2.05) is 0 Å². The number of ether oxygens (including phenoxy) is 1. The third kappa shape index (κ3) is 1.16. The highest BCUT2D eigenvalue weighted by Gasteiger charge is 2.29. The molecule has 12 heavy (non-hydrogen) atoms. The monoisotopic (exact) mass is 178 g/mol. The van der Waals surface area contributed by atoms with Gasteiger partial charge in [0, 0.05) is 0 Å². The fraction of sp³-hybridized carbons (Fsp3) is 0.400. The minimum absolute atomic E-state index is 0.913. The molecular formula is C10H14OSi. The molecule has 0 saturated heterocycles. The smallest absolute Gasteiger partial charge is 0.118 e. The van der Waals surface area contributed by atoms with Gasteiger partial charge in [0.15, 0.2) is 0 Å². The molecule has 0 atom stereocenters. The Morgan fingerprint density at radius 2 is 2.00 bits per heavy atom. The Labute approximate surface area is 74.4 Å². The highest BCUT2D eigenvalue weighted by Crippen LogP contribution is 2.22. The van der Waals surface area contributed by atoms with Gasteiger partial charge in [-0.15, -0.1) is 0 Å². The number of hydrogen-bond acceptors (Lipinski definition) is 1. The Morgan fingerprint density at radius 3 is 2.75 bits per heavy atom. The highest BCUT2D eigenvalue weighted by atomic mass is 28.3. The van der Waals surface area contributed by atoms with Gasteiger partial charge in [0.2, 0.25) is 0 Å². The van der Waals surface area contributed by atoms with Crippen molar-refractivity contribution in [2.45, 2.75) is 19.1 Å². The average molecular weight is 178 g/mol. The van der Waals surface area contributed by atoms with Crippen LogP contribution in [0.2, 0.25) is 19.1 Å². The largest absolute Gasteiger partial charge is 0.494 e. The molecule has 0 amide bonds. The van der Waals surface area contributed by atoms with Crippen LogP contribution in [0.5, 0.6) is 5.75 Å². The van der Waals surface area contributed by atoms with Gasteiger partial charge in [-0.1, -0.05) is 31.3 Å². The minimum Gasteiger partial charge on any atom is -0.494 e. The molecule has 1 aromatic rings. The van der Waals surface area contributed by atoms with Crippen molar-refractivity contribution in [3.8, 4) is 5.75 Å². The lowest BCUT2D eigenvalue weighted by Gasteiger charge is -2.30. The van der Waals surface area contributed by atoms with Gasteiger partial charge >= 0.3 is 0 Å². The zero-order valence-corrected chi connectivity index (χ0v) is 8.63. The van der Waals surface area contributed by atoms with Crippen LogP contribution in [-0.4, -0.2) is 14.7 Å². The van der Waals surface area contributed by atoms with Crippen molar-refractivity contribution in [1.82, 2.24) is 0 Å². The zero-order valence-electron chi connectivity index (χ0n) is 7.63. The molecular weight excluding hydrogens is 164 g/mol. The van der Waals surface area contributed by atoms with E-state index in [9.17, 15) is 0 Å². The molecule has 1 aromatic carbocycles. The Hall–Kier alpha value is -0.763. The molecule has 0 aromatic heterocycles. The van der Waals surface area contributed by atoms with E-state index in [4.69, 9.17) is 4.74 Å². The predicted octanol–water partition coefficient (Wildman–Crippen LogP) is 1.99. The summed E-state index contributed by atoms with van der Waals surface area (Å²) in [6.45, 7) is 5.74. The third-order valence-electron chi connectivity index (χ3n) is 2.60. The van der Waals surface area contributed by atoms with Crippen molar-refractivity contribution >= 4 is 13.3 Å². The van der Waals surface area contributed by atoms with Crippen LogP contribution in [0.1, 0.15) is 0 Å². The van der Waals surface area contributed by atoms with Crippen LogP contribution in [0, 0.1) is 0 Å². The number of para-hydroxylation sites is 1. The van der Waals surface area contributed by atoms with Crippen molar-refractivity contribution in [3.05, 3.63) is 24.3 Å². The second-order valence-electron chi connectivity index (χ2n) is 3.98. The van der Waals surface area contributed by atoms with Crippen molar-refractivity contribution in [2.24, 2.45) is 0 Å². The number of fused-ring (bicyclic) bond motifs is 1. The highest BCUT2D eigenvalue weighted by molar-refractivity contribution is 6.90. The van der Waals surface area contributed by atoms with Crippen LogP contribution in [0.15, 0.2) is 24.3 Å². The van der Waals surface area contributed by atoms with Crippen molar-refractivity contribution in [3.63, 3.8) is 0 Å². The molecule has 1 aliphatic rings. The molecule has 1 aliphatic heterocycles. The van der Waals surface area contributed by atoms with Crippen LogP contribution in [0.4, 0.5) is 0 Å². The van der Waals surface area contributed by atoms with Gasteiger partial charge in [-0.2, -0.15) is 0 Å². The quantitative estimate of drug-likeness (QED) is 0.552. The molecule has 0 aliphatic carbocycles. The Kier molecular flexibility index (Phi) is 1.72. The van der Waals surface area contributed by atoms with Gasteiger partial charge in [0.1, 0.15) is 5.75 Å². The Morgan fingerprint density at radius 1 is 1.25 bits per heavy atom. The summed E-state index contributed by atoms with van der Waals surface area (Å²) >= 11 is 0. The summed E-state index contributed by atoms with van der Waals surface area (Å²) in [6, 6.07) is 9.73. The molecule has 2 heteroatoms. The van der Waals surface area contributed by atoms with Crippen LogP contribution in [0.25, 0.3) is 0 Å². The van der Waals surface area contributed by atoms with Gasteiger partial charge in [0.25, 0.3) is 0 Å². The van der Waals surface area contributed by atoms with Crippen LogP contribution in [-0.2, 0) is 0 Å². The zero-order chi connectivity index (χ0) is 8.60. The standard InChI is InChI=1S/C10H14OSi/c1-12(2)8-7-11-9-5-3-4-6-10(9)12/h3-6H,7-8H2,1-2H3. The summed E-state index contributed by atoms with van der Waals surface area (Å²) in [5.74, 6) is 1.13. The minimum atomic E-state index is -1.14. The van der Waals surface area contributed by atoms with Crippen molar-refractivity contribution in [1.29, 1.82) is 0 Å². The van der Waals surface area contributed by atoms with Crippen molar-refractivity contribution in [2.75, 3.05) is 6.61 Å². The van der Waals surface area contributed by atoms with Crippen LogP contribution in [0.3, 0.4) is 0 Å². The molecule has 0 N–H and O–H groups in total. The molecule has 1 heterocycles. The maximum absolute atomic E-state index is 5.59. The number of hydrogen-bond donors (Lipinski definition) is 0.